The van der Waals surface area contributed by atoms with Crippen molar-refractivity contribution in [1.29, 1.82) is 0 Å². The van der Waals surface area contributed by atoms with Crippen LogP contribution in [0.2, 0.25) is 0 Å². The van der Waals surface area contributed by atoms with Gasteiger partial charge in [-0.25, -0.2) is 0 Å². The second-order valence-corrected chi connectivity index (χ2v) is 3.16. The van der Waals surface area contributed by atoms with Gasteiger partial charge in [-0.2, -0.15) is 0 Å². The number of benzene rings is 1. The van der Waals surface area contributed by atoms with E-state index in [2.05, 4.69) is 17.4 Å². The highest BCUT2D eigenvalue weighted by Crippen LogP contribution is 2.23. The van der Waals surface area contributed by atoms with Crippen molar-refractivity contribution in [3.63, 3.8) is 0 Å². The average Bonchev–Trinajstić information content (AvgIpc) is 1.99. The van der Waals surface area contributed by atoms with Gasteiger partial charge in [0.15, 0.2) is 0 Å². The molecule has 0 aliphatic carbocycles. The molecule has 1 rings (SSSR count). The van der Waals surface area contributed by atoms with Crippen LogP contribution in [-0.2, 0) is 0 Å². The topological polar surface area (TPSA) is 49.7 Å². The Balaban J connectivity index is 3.08. The number of thiol groups is 1. The average molecular weight is 238 g/mol. The van der Waals surface area contributed by atoms with Crippen molar-refractivity contribution in [1.82, 2.24) is 0 Å². The maximum atomic E-state index is 11.9. The molecule has 0 heterocycles. The van der Waals surface area contributed by atoms with Crippen LogP contribution >= 0.6 is 12.6 Å². The van der Waals surface area contributed by atoms with E-state index in [1.165, 1.54) is 6.07 Å². The highest BCUT2D eigenvalue weighted by Gasteiger charge is 2.33. The number of rotatable bonds is 2. The maximum Gasteiger partial charge on any atom is 0.573 e. The molecular formula is C7H6BF3O3S. The second-order valence-electron chi connectivity index (χ2n) is 2.64. The summed E-state index contributed by atoms with van der Waals surface area (Å²) in [5.74, 6) is -0.676. The van der Waals surface area contributed by atoms with Gasteiger partial charge in [0, 0.05) is 10.4 Å². The largest absolute Gasteiger partial charge is 0.573 e. The van der Waals surface area contributed by atoms with E-state index in [0.717, 1.165) is 12.1 Å². The molecule has 0 radical (unpaired) electrons. The van der Waals surface area contributed by atoms with E-state index >= 15 is 0 Å². The lowest BCUT2D eigenvalue weighted by atomic mass is 9.79. The molecule has 82 valence electrons. The van der Waals surface area contributed by atoms with Crippen LogP contribution in [-0.4, -0.2) is 23.5 Å². The molecule has 2 N–H and O–H groups in total. The summed E-state index contributed by atoms with van der Waals surface area (Å²) in [7, 11) is -2.03. The molecule has 0 fully saturated rings. The van der Waals surface area contributed by atoms with Gasteiger partial charge < -0.3 is 14.8 Å². The van der Waals surface area contributed by atoms with Crippen LogP contribution in [0, 0.1) is 0 Å². The van der Waals surface area contributed by atoms with Crippen LogP contribution in [0.4, 0.5) is 13.2 Å². The van der Waals surface area contributed by atoms with E-state index in [4.69, 9.17) is 10.0 Å². The van der Waals surface area contributed by atoms with Gasteiger partial charge in [-0.05, 0) is 12.1 Å². The van der Waals surface area contributed by atoms with Gasteiger partial charge in [0.25, 0.3) is 0 Å². The Morgan fingerprint density at radius 3 is 2.33 bits per heavy atom. The highest BCUT2D eigenvalue weighted by atomic mass is 32.1. The van der Waals surface area contributed by atoms with Crippen LogP contribution in [0.15, 0.2) is 23.1 Å². The van der Waals surface area contributed by atoms with Crippen molar-refractivity contribution in [3.8, 4) is 5.75 Å². The third-order valence-electron chi connectivity index (χ3n) is 1.50. The fourth-order valence-corrected chi connectivity index (χ4v) is 1.14. The molecule has 1 aromatic rings. The summed E-state index contributed by atoms with van der Waals surface area (Å²) in [6.45, 7) is 0. The molecule has 0 amide bonds. The zero-order valence-corrected chi connectivity index (χ0v) is 8.09. The Hall–Kier alpha value is -0.855. The summed E-state index contributed by atoms with van der Waals surface area (Å²) in [5.41, 5.74) is -0.370. The number of alkyl halides is 3. The van der Waals surface area contributed by atoms with Crippen molar-refractivity contribution in [2.45, 2.75) is 11.3 Å². The quantitative estimate of drug-likeness (QED) is 0.521. The summed E-state index contributed by atoms with van der Waals surface area (Å²) >= 11 is 3.81. The van der Waals surface area contributed by atoms with Crippen molar-refractivity contribution < 1.29 is 28.0 Å². The predicted octanol–water partition coefficient (Wildman–Crippen LogP) is 0.554. The third kappa shape index (κ3) is 3.65. The molecule has 0 saturated heterocycles. The Bertz CT molecular complexity index is 356. The standard InChI is InChI=1S/C7H6BF3O3S/c9-7(10,11)14-6-3-4(15)1-2-5(6)8(12)13/h1-3,12-13,15H. The van der Waals surface area contributed by atoms with E-state index in [1.807, 2.05) is 0 Å². The maximum absolute atomic E-state index is 11.9. The molecule has 0 spiro atoms. The van der Waals surface area contributed by atoms with Crippen LogP contribution in [0.1, 0.15) is 0 Å². The second kappa shape index (κ2) is 4.34. The van der Waals surface area contributed by atoms with Gasteiger partial charge in [-0.15, -0.1) is 25.8 Å². The Kier molecular flexibility index (Phi) is 3.53. The molecule has 15 heavy (non-hydrogen) atoms. The van der Waals surface area contributed by atoms with Crippen LogP contribution in [0.25, 0.3) is 0 Å². The summed E-state index contributed by atoms with van der Waals surface area (Å²) in [4.78, 5) is 0.221. The Morgan fingerprint density at radius 1 is 1.27 bits per heavy atom. The molecular weight excluding hydrogens is 232 g/mol. The minimum atomic E-state index is -4.88. The number of ether oxygens (including phenoxy) is 1. The number of hydrogen-bond donors (Lipinski definition) is 3. The zero-order chi connectivity index (χ0) is 11.6. The highest BCUT2D eigenvalue weighted by molar-refractivity contribution is 7.80. The molecule has 0 bridgehead atoms. The first kappa shape index (κ1) is 12.2. The molecule has 3 nitrogen and oxygen atoms in total. The summed E-state index contributed by atoms with van der Waals surface area (Å²) in [5, 5.41) is 17.6. The van der Waals surface area contributed by atoms with E-state index in [9.17, 15) is 13.2 Å². The van der Waals surface area contributed by atoms with Gasteiger partial charge in [-0.3, -0.25) is 0 Å². The lowest BCUT2D eigenvalue weighted by molar-refractivity contribution is -0.274. The van der Waals surface area contributed by atoms with Crippen LogP contribution in [0.5, 0.6) is 5.75 Å². The predicted molar refractivity (Wildman–Crippen MR) is 50.2 cm³/mol. The van der Waals surface area contributed by atoms with Crippen molar-refractivity contribution >= 4 is 25.2 Å². The Morgan fingerprint density at radius 2 is 1.87 bits per heavy atom. The smallest absolute Gasteiger partial charge is 0.423 e. The van der Waals surface area contributed by atoms with E-state index in [1.54, 1.807) is 0 Å². The van der Waals surface area contributed by atoms with E-state index in [-0.39, 0.29) is 10.4 Å². The first-order valence-corrected chi connectivity index (χ1v) is 4.19. The van der Waals surface area contributed by atoms with Crippen LogP contribution < -0.4 is 10.2 Å². The molecule has 0 aliphatic heterocycles. The number of hydrogen-bond acceptors (Lipinski definition) is 4. The molecule has 0 aliphatic rings. The molecule has 0 saturated carbocycles. The number of halogens is 3. The van der Waals surface area contributed by atoms with Gasteiger partial charge >= 0.3 is 13.5 Å². The monoisotopic (exact) mass is 238 g/mol. The van der Waals surface area contributed by atoms with E-state index < -0.39 is 19.2 Å². The van der Waals surface area contributed by atoms with Crippen LogP contribution in [0.3, 0.4) is 0 Å². The van der Waals surface area contributed by atoms with Crippen molar-refractivity contribution in [2.24, 2.45) is 0 Å². The molecule has 1 aromatic carbocycles. The molecule has 0 atom stereocenters. The molecule has 8 heteroatoms. The third-order valence-corrected chi connectivity index (χ3v) is 1.78. The summed E-state index contributed by atoms with van der Waals surface area (Å²) in [6.07, 6.45) is -4.88. The lowest BCUT2D eigenvalue weighted by Crippen LogP contribution is -2.33. The first-order valence-electron chi connectivity index (χ1n) is 3.74. The fourth-order valence-electron chi connectivity index (χ4n) is 0.949. The molecule has 0 aromatic heterocycles. The minimum Gasteiger partial charge on any atom is -0.423 e. The van der Waals surface area contributed by atoms with Gasteiger partial charge in [0.1, 0.15) is 5.75 Å². The van der Waals surface area contributed by atoms with Crippen molar-refractivity contribution in [3.05, 3.63) is 18.2 Å². The fraction of sp³-hybridized carbons (Fsp3) is 0.143. The summed E-state index contributed by atoms with van der Waals surface area (Å²) < 4.78 is 39.3. The summed E-state index contributed by atoms with van der Waals surface area (Å²) in [6, 6.07) is 3.36. The first-order chi connectivity index (χ1) is 6.79. The van der Waals surface area contributed by atoms with Gasteiger partial charge in [-0.1, -0.05) is 6.07 Å². The van der Waals surface area contributed by atoms with Gasteiger partial charge in [0.2, 0.25) is 0 Å². The lowest BCUT2D eigenvalue weighted by Gasteiger charge is -2.13. The molecule has 0 unspecified atom stereocenters. The Labute approximate surface area is 89.0 Å². The van der Waals surface area contributed by atoms with Gasteiger partial charge in [0.05, 0.1) is 0 Å². The minimum absolute atomic E-state index is 0.221. The SMILES string of the molecule is OB(O)c1ccc(S)cc1OC(F)(F)F. The normalized spacial score (nSPS) is 11.3. The van der Waals surface area contributed by atoms with Crippen molar-refractivity contribution in [2.75, 3.05) is 0 Å². The zero-order valence-electron chi connectivity index (χ0n) is 7.19. The van der Waals surface area contributed by atoms with E-state index in [0.29, 0.717) is 0 Å².